The van der Waals surface area contributed by atoms with Gasteiger partial charge in [0.05, 0.1) is 23.7 Å². The Balaban J connectivity index is 2.48. The maximum atomic E-state index is 12.9. The van der Waals surface area contributed by atoms with E-state index in [1.54, 1.807) is 11.5 Å². The minimum Gasteiger partial charge on any atom is -0.468 e. The standard InChI is InChI=1S/C15H17F3N2O2S/c1-4-7-20-12-8-10(15(16,17)18)5-6-11(12)19-14(20)23-9(2)13(21)22-3/h5-6,8-9H,4,7H2,1-3H3. The third-order valence-electron chi connectivity index (χ3n) is 3.30. The van der Waals surface area contributed by atoms with Crippen LogP contribution in [0.3, 0.4) is 0 Å². The van der Waals surface area contributed by atoms with Crippen LogP contribution in [0.2, 0.25) is 0 Å². The second-order valence-electron chi connectivity index (χ2n) is 5.03. The number of benzene rings is 1. The van der Waals surface area contributed by atoms with E-state index < -0.39 is 23.0 Å². The number of esters is 1. The lowest BCUT2D eigenvalue weighted by molar-refractivity contribution is -0.139. The van der Waals surface area contributed by atoms with Gasteiger partial charge in [-0.05, 0) is 31.5 Å². The Labute approximate surface area is 136 Å². The van der Waals surface area contributed by atoms with Crippen LogP contribution in [0.5, 0.6) is 0 Å². The molecule has 0 spiro atoms. The highest BCUT2D eigenvalue weighted by Gasteiger charge is 2.31. The number of carbonyl (C=O) groups is 1. The lowest BCUT2D eigenvalue weighted by Crippen LogP contribution is -2.15. The van der Waals surface area contributed by atoms with Crippen LogP contribution in [-0.2, 0) is 22.3 Å². The van der Waals surface area contributed by atoms with Crippen molar-refractivity contribution in [2.45, 2.75) is 43.4 Å². The summed E-state index contributed by atoms with van der Waals surface area (Å²) in [5.74, 6) is -0.402. The first kappa shape index (κ1) is 17.7. The minimum atomic E-state index is -4.40. The molecule has 0 radical (unpaired) electrons. The summed E-state index contributed by atoms with van der Waals surface area (Å²) in [7, 11) is 1.30. The van der Waals surface area contributed by atoms with Crippen molar-refractivity contribution >= 4 is 28.8 Å². The maximum absolute atomic E-state index is 12.9. The average molecular weight is 346 g/mol. The minimum absolute atomic E-state index is 0.402. The summed E-state index contributed by atoms with van der Waals surface area (Å²) >= 11 is 1.18. The molecule has 126 valence electrons. The topological polar surface area (TPSA) is 44.1 Å². The van der Waals surface area contributed by atoms with Gasteiger partial charge in [-0.1, -0.05) is 18.7 Å². The average Bonchev–Trinajstić information content (AvgIpc) is 2.83. The van der Waals surface area contributed by atoms with Crippen molar-refractivity contribution < 1.29 is 22.7 Å². The van der Waals surface area contributed by atoms with Crippen molar-refractivity contribution in [2.24, 2.45) is 0 Å². The highest BCUT2D eigenvalue weighted by molar-refractivity contribution is 8.00. The fraction of sp³-hybridized carbons (Fsp3) is 0.467. The predicted octanol–water partition coefficient (Wildman–Crippen LogP) is 4.12. The molecule has 2 rings (SSSR count). The molecule has 2 aromatic rings. The zero-order valence-electron chi connectivity index (χ0n) is 13.0. The van der Waals surface area contributed by atoms with Crippen LogP contribution in [0, 0.1) is 0 Å². The Bertz CT molecular complexity index is 713. The Morgan fingerprint density at radius 1 is 1.43 bits per heavy atom. The van der Waals surface area contributed by atoms with Crippen molar-refractivity contribution in [3.63, 3.8) is 0 Å². The largest absolute Gasteiger partial charge is 0.468 e. The summed E-state index contributed by atoms with van der Waals surface area (Å²) < 4.78 is 45.1. The molecule has 4 nitrogen and oxygen atoms in total. The third kappa shape index (κ3) is 3.80. The van der Waals surface area contributed by atoms with E-state index in [9.17, 15) is 18.0 Å². The van der Waals surface area contributed by atoms with Crippen LogP contribution in [0.25, 0.3) is 11.0 Å². The normalized spacial score (nSPS) is 13.3. The lowest BCUT2D eigenvalue weighted by Gasteiger charge is -2.11. The van der Waals surface area contributed by atoms with Gasteiger partial charge in [-0.25, -0.2) is 4.98 Å². The molecule has 1 heterocycles. The van der Waals surface area contributed by atoms with Gasteiger partial charge in [-0.3, -0.25) is 4.79 Å². The van der Waals surface area contributed by atoms with Gasteiger partial charge in [-0.15, -0.1) is 0 Å². The van der Waals surface area contributed by atoms with E-state index in [0.717, 1.165) is 18.6 Å². The van der Waals surface area contributed by atoms with Crippen LogP contribution < -0.4 is 0 Å². The quantitative estimate of drug-likeness (QED) is 0.603. The van der Waals surface area contributed by atoms with Crippen molar-refractivity contribution in [1.29, 1.82) is 0 Å². The van der Waals surface area contributed by atoms with Crippen molar-refractivity contribution in [3.05, 3.63) is 23.8 Å². The Morgan fingerprint density at radius 2 is 2.13 bits per heavy atom. The first-order chi connectivity index (χ1) is 10.8. The number of hydrogen-bond donors (Lipinski definition) is 0. The number of aromatic nitrogens is 2. The van der Waals surface area contributed by atoms with Gasteiger partial charge in [0, 0.05) is 6.54 Å². The number of hydrogen-bond acceptors (Lipinski definition) is 4. The molecule has 1 aromatic heterocycles. The maximum Gasteiger partial charge on any atom is 0.416 e. The summed E-state index contributed by atoms with van der Waals surface area (Å²) in [4.78, 5) is 15.9. The van der Waals surface area contributed by atoms with Gasteiger partial charge < -0.3 is 9.30 Å². The molecule has 0 aliphatic carbocycles. The molecule has 1 atom stereocenters. The fourth-order valence-electron chi connectivity index (χ4n) is 2.18. The van der Waals surface area contributed by atoms with E-state index in [-0.39, 0.29) is 0 Å². The molecule has 1 aromatic carbocycles. The summed E-state index contributed by atoms with van der Waals surface area (Å²) in [6, 6.07) is 3.48. The van der Waals surface area contributed by atoms with Crippen LogP contribution in [-0.4, -0.2) is 27.9 Å². The summed E-state index contributed by atoms with van der Waals surface area (Å²) in [6.45, 7) is 4.12. The van der Waals surface area contributed by atoms with Gasteiger partial charge in [0.2, 0.25) is 0 Å². The number of nitrogens with zero attached hydrogens (tertiary/aromatic N) is 2. The second kappa shape index (κ2) is 6.82. The van der Waals surface area contributed by atoms with Crippen molar-refractivity contribution in [2.75, 3.05) is 7.11 Å². The van der Waals surface area contributed by atoms with Crippen molar-refractivity contribution in [1.82, 2.24) is 9.55 Å². The van der Waals surface area contributed by atoms with Crippen molar-refractivity contribution in [3.8, 4) is 0 Å². The van der Waals surface area contributed by atoms with E-state index >= 15 is 0 Å². The molecule has 0 bridgehead atoms. The summed E-state index contributed by atoms with van der Waals surface area (Å²) in [6.07, 6.45) is -3.66. The second-order valence-corrected chi connectivity index (χ2v) is 6.34. The zero-order chi connectivity index (χ0) is 17.2. The van der Waals surface area contributed by atoms with Gasteiger partial charge in [0.25, 0.3) is 0 Å². The van der Waals surface area contributed by atoms with Crippen LogP contribution in [0.15, 0.2) is 23.4 Å². The molecule has 0 aliphatic rings. The molecule has 0 saturated carbocycles. The molecule has 1 unspecified atom stereocenters. The highest BCUT2D eigenvalue weighted by Crippen LogP contribution is 2.34. The number of imidazole rings is 1. The number of fused-ring (bicyclic) bond motifs is 1. The summed E-state index contributed by atoms with van der Waals surface area (Å²) in [5, 5.41) is 0.0218. The van der Waals surface area contributed by atoms with Crippen LogP contribution in [0.4, 0.5) is 13.2 Å². The van der Waals surface area contributed by atoms with Gasteiger partial charge in [0.15, 0.2) is 5.16 Å². The number of carbonyl (C=O) groups excluding carboxylic acids is 1. The molecule has 8 heteroatoms. The third-order valence-corrected chi connectivity index (χ3v) is 4.37. The first-order valence-electron chi connectivity index (χ1n) is 7.10. The van der Waals surface area contributed by atoms with Gasteiger partial charge in [-0.2, -0.15) is 13.2 Å². The monoisotopic (exact) mass is 346 g/mol. The van der Waals surface area contributed by atoms with E-state index in [2.05, 4.69) is 9.72 Å². The van der Waals surface area contributed by atoms with E-state index in [0.29, 0.717) is 22.7 Å². The molecule has 0 aliphatic heterocycles. The lowest BCUT2D eigenvalue weighted by atomic mass is 10.2. The smallest absolute Gasteiger partial charge is 0.416 e. The molecular weight excluding hydrogens is 329 g/mol. The number of methoxy groups -OCH3 is 1. The van der Waals surface area contributed by atoms with E-state index in [4.69, 9.17) is 0 Å². The molecule has 0 amide bonds. The Morgan fingerprint density at radius 3 is 2.70 bits per heavy atom. The molecule has 0 fully saturated rings. The Hall–Kier alpha value is -1.70. The number of alkyl halides is 3. The first-order valence-corrected chi connectivity index (χ1v) is 7.97. The highest BCUT2D eigenvalue weighted by atomic mass is 32.2. The fourth-order valence-corrected chi connectivity index (χ4v) is 3.16. The molecule has 23 heavy (non-hydrogen) atoms. The van der Waals surface area contributed by atoms with Gasteiger partial charge in [0.1, 0.15) is 5.25 Å². The molecule has 0 N–H and O–H groups in total. The number of halogens is 3. The van der Waals surface area contributed by atoms with E-state index in [1.165, 1.54) is 24.9 Å². The SMILES string of the molecule is CCCn1c(SC(C)C(=O)OC)nc2ccc(C(F)(F)F)cc21. The number of thioether (sulfide) groups is 1. The van der Waals surface area contributed by atoms with Gasteiger partial charge >= 0.3 is 12.1 Å². The van der Waals surface area contributed by atoms with E-state index in [1.807, 2.05) is 6.92 Å². The zero-order valence-corrected chi connectivity index (χ0v) is 13.8. The summed E-state index contributed by atoms with van der Waals surface area (Å²) in [5.41, 5.74) is 0.187. The van der Waals surface area contributed by atoms with Crippen LogP contribution in [0.1, 0.15) is 25.8 Å². The van der Waals surface area contributed by atoms with Crippen LogP contribution >= 0.6 is 11.8 Å². The predicted molar refractivity (Wildman–Crippen MR) is 82.4 cm³/mol. The molecular formula is C15H17F3N2O2S. The number of ether oxygens (including phenoxy) is 1. The Kier molecular flexibility index (Phi) is 5.23. The number of aryl methyl sites for hydroxylation is 1. The molecule has 0 saturated heterocycles. The number of rotatable bonds is 5.